The van der Waals surface area contributed by atoms with E-state index in [1.54, 1.807) is 6.33 Å². The Morgan fingerprint density at radius 3 is 2.89 bits per heavy atom. The molecule has 1 aliphatic heterocycles. The largest absolute Gasteiger partial charge is 0.396 e. The fraction of sp³-hybridized carbons (Fsp3) is 0.714. The van der Waals surface area contributed by atoms with Crippen molar-refractivity contribution in [3.8, 4) is 0 Å². The Kier molecular flexibility index (Phi) is 3.82. The molecule has 3 rings (SSSR count). The Morgan fingerprint density at radius 1 is 1.26 bits per heavy atom. The highest BCUT2D eigenvalue weighted by molar-refractivity contribution is 5.50. The number of hydrogen-bond donors (Lipinski definition) is 2. The number of aliphatic hydroxyl groups excluding tert-OH is 1. The first-order valence-corrected chi connectivity index (χ1v) is 7.33. The average molecular weight is 262 g/mol. The van der Waals surface area contributed by atoms with Gasteiger partial charge in [-0.25, -0.2) is 9.97 Å². The van der Waals surface area contributed by atoms with Gasteiger partial charge in [0.2, 0.25) is 0 Å². The monoisotopic (exact) mass is 262 g/mol. The molecular weight excluding hydrogens is 240 g/mol. The molecule has 1 saturated heterocycles. The normalized spacial score (nSPS) is 23.4. The van der Waals surface area contributed by atoms with Gasteiger partial charge in [-0.2, -0.15) is 0 Å². The molecule has 2 N–H and O–H groups in total. The average Bonchev–Trinajstić information content (AvgIpc) is 2.83. The Morgan fingerprint density at radius 2 is 2.16 bits per heavy atom. The fourth-order valence-electron chi connectivity index (χ4n) is 2.93. The molecule has 5 heteroatoms. The molecule has 1 aliphatic carbocycles. The summed E-state index contributed by atoms with van der Waals surface area (Å²) in [6.07, 6.45) is 8.61. The molecule has 5 nitrogen and oxygen atoms in total. The molecule has 2 fully saturated rings. The van der Waals surface area contributed by atoms with Gasteiger partial charge in [-0.1, -0.05) is 0 Å². The summed E-state index contributed by atoms with van der Waals surface area (Å²) < 4.78 is 0. The van der Waals surface area contributed by atoms with E-state index in [9.17, 15) is 0 Å². The first-order chi connectivity index (χ1) is 9.36. The molecule has 19 heavy (non-hydrogen) atoms. The maximum atomic E-state index is 9.13. The lowest BCUT2D eigenvalue weighted by Crippen LogP contribution is -2.31. The summed E-state index contributed by atoms with van der Waals surface area (Å²) >= 11 is 0. The quantitative estimate of drug-likeness (QED) is 0.847. The van der Waals surface area contributed by atoms with Crippen LogP contribution >= 0.6 is 0 Å². The van der Waals surface area contributed by atoms with Crippen molar-refractivity contribution in [2.24, 2.45) is 0 Å². The Labute approximate surface area is 114 Å². The van der Waals surface area contributed by atoms with Gasteiger partial charge < -0.3 is 15.3 Å². The molecule has 0 amide bonds. The van der Waals surface area contributed by atoms with Gasteiger partial charge in [0.05, 0.1) is 0 Å². The van der Waals surface area contributed by atoms with Crippen molar-refractivity contribution in [3.05, 3.63) is 12.4 Å². The van der Waals surface area contributed by atoms with E-state index >= 15 is 0 Å². The van der Waals surface area contributed by atoms with Crippen LogP contribution in [0.15, 0.2) is 12.4 Å². The van der Waals surface area contributed by atoms with E-state index in [1.165, 1.54) is 25.7 Å². The molecule has 1 unspecified atom stereocenters. The third kappa shape index (κ3) is 2.81. The van der Waals surface area contributed by atoms with E-state index in [4.69, 9.17) is 5.11 Å². The van der Waals surface area contributed by atoms with Crippen LogP contribution in [-0.4, -0.2) is 40.3 Å². The van der Waals surface area contributed by atoms with E-state index in [-0.39, 0.29) is 6.61 Å². The second kappa shape index (κ2) is 5.74. The number of nitrogens with one attached hydrogen (secondary N) is 1. The van der Waals surface area contributed by atoms with E-state index < -0.39 is 0 Å². The van der Waals surface area contributed by atoms with Crippen LogP contribution in [0.2, 0.25) is 0 Å². The SMILES string of the molecule is OCCC1CCCN1c1cc(NC2CCC2)ncn1. The molecule has 1 aromatic heterocycles. The van der Waals surface area contributed by atoms with Crippen LogP contribution in [0.4, 0.5) is 11.6 Å². The second-order valence-electron chi connectivity index (χ2n) is 5.54. The van der Waals surface area contributed by atoms with E-state index in [0.29, 0.717) is 12.1 Å². The Bertz CT molecular complexity index is 422. The second-order valence-corrected chi connectivity index (χ2v) is 5.54. The molecular formula is C14H22N4O. The van der Waals surface area contributed by atoms with Crippen LogP contribution in [-0.2, 0) is 0 Å². The standard InChI is InChI=1S/C14H22N4O/c19-8-6-12-5-2-7-18(12)14-9-13(15-10-16-14)17-11-3-1-4-11/h9-12,19H,1-8H2,(H,15,16,17). The van der Waals surface area contributed by atoms with E-state index in [1.807, 2.05) is 6.07 Å². The summed E-state index contributed by atoms with van der Waals surface area (Å²) in [6.45, 7) is 1.28. The molecule has 2 heterocycles. The molecule has 104 valence electrons. The maximum Gasteiger partial charge on any atom is 0.134 e. The molecule has 1 aromatic rings. The lowest BCUT2D eigenvalue weighted by Gasteiger charge is -2.28. The van der Waals surface area contributed by atoms with Gasteiger partial charge in [-0.3, -0.25) is 0 Å². The van der Waals surface area contributed by atoms with Gasteiger partial charge in [0.15, 0.2) is 0 Å². The first kappa shape index (κ1) is 12.7. The van der Waals surface area contributed by atoms with Crippen molar-refractivity contribution >= 4 is 11.6 Å². The van der Waals surface area contributed by atoms with Crippen LogP contribution in [0.1, 0.15) is 38.5 Å². The maximum absolute atomic E-state index is 9.13. The van der Waals surface area contributed by atoms with Crippen molar-refractivity contribution in [1.82, 2.24) is 9.97 Å². The van der Waals surface area contributed by atoms with E-state index in [2.05, 4.69) is 20.2 Å². The van der Waals surface area contributed by atoms with Crippen LogP contribution in [0, 0.1) is 0 Å². The van der Waals surface area contributed by atoms with Gasteiger partial charge >= 0.3 is 0 Å². The van der Waals surface area contributed by atoms with Crippen molar-refractivity contribution in [3.63, 3.8) is 0 Å². The summed E-state index contributed by atoms with van der Waals surface area (Å²) in [6, 6.07) is 3.07. The number of hydrogen-bond acceptors (Lipinski definition) is 5. The molecule has 0 bridgehead atoms. The predicted molar refractivity (Wildman–Crippen MR) is 75.4 cm³/mol. The summed E-state index contributed by atoms with van der Waals surface area (Å²) in [5.74, 6) is 1.93. The minimum absolute atomic E-state index is 0.249. The van der Waals surface area contributed by atoms with Crippen molar-refractivity contribution in [2.75, 3.05) is 23.4 Å². The predicted octanol–water partition coefficient (Wildman–Crippen LogP) is 1.79. The van der Waals surface area contributed by atoms with Crippen LogP contribution in [0.25, 0.3) is 0 Å². The third-order valence-corrected chi connectivity index (χ3v) is 4.24. The van der Waals surface area contributed by atoms with Gasteiger partial charge in [-0.05, 0) is 38.5 Å². The molecule has 1 saturated carbocycles. The van der Waals surface area contributed by atoms with Crippen molar-refractivity contribution in [2.45, 2.75) is 50.6 Å². The lowest BCUT2D eigenvalue weighted by atomic mass is 9.93. The first-order valence-electron chi connectivity index (χ1n) is 7.33. The van der Waals surface area contributed by atoms with Gasteiger partial charge in [-0.15, -0.1) is 0 Å². The number of nitrogens with zero attached hydrogens (tertiary/aromatic N) is 3. The molecule has 2 aliphatic rings. The van der Waals surface area contributed by atoms with Crippen molar-refractivity contribution in [1.29, 1.82) is 0 Å². The van der Waals surface area contributed by atoms with Crippen molar-refractivity contribution < 1.29 is 5.11 Å². The minimum Gasteiger partial charge on any atom is -0.396 e. The Balaban J connectivity index is 1.70. The van der Waals surface area contributed by atoms with Gasteiger partial charge in [0.25, 0.3) is 0 Å². The van der Waals surface area contributed by atoms with Crippen LogP contribution < -0.4 is 10.2 Å². The number of aliphatic hydroxyl groups is 1. The summed E-state index contributed by atoms with van der Waals surface area (Å²) in [5, 5.41) is 12.6. The molecule has 0 spiro atoms. The molecule has 0 aromatic carbocycles. The van der Waals surface area contributed by atoms with Crippen LogP contribution in [0.3, 0.4) is 0 Å². The summed E-state index contributed by atoms with van der Waals surface area (Å²) in [4.78, 5) is 11.0. The molecule has 1 atom stereocenters. The highest BCUT2D eigenvalue weighted by Gasteiger charge is 2.25. The highest BCUT2D eigenvalue weighted by Crippen LogP contribution is 2.28. The van der Waals surface area contributed by atoms with Crippen LogP contribution in [0.5, 0.6) is 0 Å². The minimum atomic E-state index is 0.249. The summed E-state index contributed by atoms with van der Waals surface area (Å²) in [7, 11) is 0. The third-order valence-electron chi connectivity index (χ3n) is 4.24. The van der Waals surface area contributed by atoms with Gasteiger partial charge in [0, 0.05) is 31.3 Å². The fourth-order valence-corrected chi connectivity index (χ4v) is 2.93. The lowest BCUT2D eigenvalue weighted by molar-refractivity contribution is 0.275. The summed E-state index contributed by atoms with van der Waals surface area (Å²) in [5.41, 5.74) is 0. The number of aromatic nitrogens is 2. The topological polar surface area (TPSA) is 61.3 Å². The zero-order valence-electron chi connectivity index (χ0n) is 11.3. The smallest absolute Gasteiger partial charge is 0.134 e. The zero-order chi connectivity index (χ0) is 13.1. The zero-order valence-corrected chi connectivity index (χ0v) is 11.3. The molecule has 0 radical (unpaired) electrons. The number of anilines is 2. The Hall–Kier alpha value is -1.36. The highest BCUT2D eigenvalue weighted by atomic mass is 16.3. The van der Waals surface area contributed by atoms with E-state index in [0.717, 1.165) is 31.0 Å². The number of rotatable bonds is 5. The van der Waals surface area contributed by atoms with Gasteiger partial charge in [0.1, 0.15) is 18.0 Å².